The smallest absolute Gasteiger partial charge is 0.269 e. The van der Waals surface area contributed by atoms with E-state index in [0.29, 0.717) is 23.6 Å². The zero-order valence-corrected chi connectivity index (χ0v) is 13.8. The van der Waals surface area contributed by atoms with Gasteiger partial charge < -0.3 is 14.8 Å². The Hall–Kier alpha value is -1.99. The Kier molecular flexibility index (Phi) is 5.19. The molecule has 0 bridgehead atoms. The predicted octanol–water partition coefficient (Wildman–Crippen LogP) is 2.91. The molecular weight excluding hydrogens is 314 g/mol. The molecule has 2 aromatic rings. The van der Waals surface area contributed by atoms with Gasteiger partial charge in [-0.2, -0.15) is 0 Å². The van der Waals surface area contributed by atoms with E-state index in [4.69, 9.17) is 9.47 Å². The highest BCUT2D eigenvalue weighted by molar-refractivity contribution is 7.08. The zero-order chi connectivity index (χ0) is 16.1. The molecule has 0 aliphatic carbocycles. The first-order valence-electron chi connectivity index (χ1n) is 7.73. The number of aryl methyl sites for hydroxylation is 1. The van der Waals surface area contributed by atoms with Gasteiger partial charge in [-0.15, -0.1) is 5.10 Å². The van der Waals surface area contributed by atoms with Crippen molar-refractivity contribution in [2.45, 2.75) is 32.3 Å². The second-order valence-electron chi connectivity index (χ2n) is 5.33. The fraction of sp³-hybridized carbons (Fsp3) is 0.438. The molecule has 1 aromatic carbocycles. The third-order valence-corrected chi connectivity index (χ3v) is 4.42. The minimum atomic E-state index is -0.187. The van der Waals surface area contributed by atoms with E-state index in [0.717, 1.165) is 42.4 Å². The molecule has 1 atom stereocenters. The number of carbonyl (C=O) groups excluding carboxylic acids is 1. The van der Waals surface area contributed by atoms with Crippen LogP contribution in [0.2, 0.25) is 0 Å². The standard InChI is InChI=1S/C16H19N3O3S/c1-2-14-15(23-19-18-14)16(20)17-11-5-3-6-12(9-11)22-10-13-7-4-8-21-13/h3,5-6,9,13H,2,4,7-8,10H2,1H3,(H,17,20)/t13-/m0/s1. The van der Waals surface area contributed by atoms with Crippen molar-refractivity contribution in [3.8, 4) is 5.75 Å². The summed E-state index contributed by atoms with van der Waals surface area (Å²) in [7, 11) is 0. The number of aromatic nitrogens is 2. The normalized spacial score (nSPS) is 17.2. The summed E-state index contributed by atoms with van der Waals surface area (Å²) in [4.78, 5) is 12.8. The average molecular weight is 333 g/mol. The van der Waals surface area contributed by atoms with Crippen LogP contribution in [-0.2, 0) is 11.2 Å². The lowest BCUT2D eigenvalue weighted by Gasteiger charge is -2.12. The monoisotopic (exact) mass is 333 g/mol. The van der Waals surface area contributed by atoms with Crippen LogP contribution in [0.15, 0.2) is 24.3 Å². The van der Waals surface area contributed by atoms with E-state index in [2.05, 4.69) is 14.9 Å². The van der Waals surface area contributed by atoms with Crippen molar-refractivity contribution in [3.05, 3.63) is 34.8 Å². The minimum Gasteiger partial charge on any atom is -0.491 e. The van der Waals surface area contributed by atoms with Crippen molar-refractivity contribution in [1.29, 1.82) is 0 Å². The van der Waals surface area contributed by atoms with Crippen LogP contribution in [0.5, 0.6) is 5.75 Å². The molecule has 3 rings (SSSR count). The summed E-state index contributed by atoms with van der Waals surface area (Å²) in [5, 5.41) is 6.83. The number of hydrogen-bond acceptors (Lipinski definition) is 6. The van der Waals surface area contributed by atoms with Crippen molar-refractivity contribution in [2.24, 2.45) is 0 Å². The number of anilines is 1. The maximum Gasteiger partial charge on any atom is 0.269 e. The molecule has 0 spiro atoms. The van der Waals surface area contributed by atoms with E-state index >= 15 is 0 Å². The Labute approximate surface area is 139 Å². The van der Waals surface area contributed by atoms with Gasteiger partial charge in [0.1, 0.15) is 17.2 Å². The molecule has 1 aliphatic rings. The maximum absolute atomic E-state index is 12.3. The number of carbonyl (C=O) groups is 1. The Morgan fingerprint density at radius 3 is 3.22 bits per heavy atom. The molecule has 1 saturated heterocycles. The topological polar surface area (TPSA) is 73.3 Å². The Morgan fingerprint density at radius 2 is 2.43 bits per heavy atom. The maximum atomic E-state index is 12.3. The van der Waals surface area contributed by atoms with Crippen LogP contribution in [-0.4, -0.2) is 34.8 Å². The summed E-state index contributed by atoms with van der Waals surface area (Å²) >= 11 is 1.11. The third-order valence-electron chi connectivity index (χ3n) is 3.65. The molecule has 1 N–H and O–H groups in total. The van der Waals surface area contributed by atoms with E-state index in [1.165, 1.54) is 0 Å². The van der Waals surface area contributed by atoms with Crippen molar-refractivity contribution in [2.75, 3.05) is 18.5 Å². The molecule has 0 saturated carbocycles. The second-order valence-corrected chi connectivity index (χ2v) is 6.08. The lowest BCUT2D eigenvalue weighted by Crippen LogP contribution is -2.16. The zero-order valence-electron chi connectivity index (χ0n) is 12.9. The summed E-state index contributed by atoms with van der Waals surface area (Å²) in [5.74, 6) is 0.532. The van der Waals surface area contributed by atoms with Gasteiger partial charge in [0.2, 0.25) is 0 Å². The van der Waals surface area contributed by atoms with Crippen LogP contribution in [0.1, 0.15) is 35.1 Å². The number of rotatable bonds is 6. The molecule has 1 aliphatic heterocycles. The lowest BCUT2D eigenvalue weighted by molar-refractivity contribution is 0.0680. The Bertz CT molecular complexity index is 668. The van der Waals surface area contributed by atoms with Crippen LogP contribution in [0, 0.1) is 0 Å². The predicted molar refractivity (Wildman–Crippen MR) is 88.2 cm³/mol. The quantitative estimate of drug-likeness (QED) is 0.880. The van der Waals surface area contributed by atoms with Crippen LogP contribution in [0.3, 0.4) is 0 Å². The summed E-state index contributed by atoms with van der Waals surface area (Å²) in [5.41, 5.74) is 1.41. The summed E-state index contributed by atoms with van der Waals surface area (Å²) in [6, 6.07) is 7.37. The van der Waals surface area contributed by atoms with Crippen LogP contribution in [0.25, 0.3) is 0 Å². The fourth-order valence-corrected chi connectivity index (χ4v) is 3.07. The van der Waals surface area contributed by atoms with Crippen molar-refractivity contribution < 1.29 is 14.3 Å². The number of nitrogens with one attached hydrogen (secondary N) is 1. The van der Waals surface area contributed by atoms with Crippen LogP contribution >= 0.6 is 11.5 Å². The van der Waals surface area contributed by atoms with Gasteiger partial charge in [-0.1, -0.05) is 17.5 Å². The largest absolute Gasteiger partial charge is 0.491 e. The average Bonchev–Trinajstić information content (AvgIpc) is 3.24. The van der Waals surface area contributed by atoms with E-state index in [1.807, 2.05) is 31.2 Å². The van der Waals surface area contributed by atoms with Gasteiger partial charge in [0.15, 0.2) is 0 Å². The summed E-state index contributed by atoms with van der Waals surface area (Å²) < 4.78 is 15.1. The molecule has 2 heterocycles. The molecule has 6 nitrogen and oxygen atoms in total. The molecule has 0 radical (unpaired) electrons. The molecule has 23 heavy (non-hydrogen) atoms. The first-order chi connectivity index (χ1) is 11.3. The lowest BCUT2D eigenvalue weighted by atomic mass is 10.2. The molecular formula is C16H19N3O3S. The van der Waals surface area contributed by atoms with Gasteiger partial charge in [0.05, 0.1) is 11.8 Å². The highest BCUT2D eigenvalue weighted by Crippen LogP contribution is 2.21. The Morgan fingerprint density at radius 1 is 1.52 bits per heavy atom. The van der Waals surface area contributed by atoms with E-state index in [9.17, 15) is 4.79 Å². The number of benzene rings is 1. The third kappa shape index (κ3) is 4.05. The summed E-state index contributed by atoms with van der Waals surface area (Å²) in [6.07, 6.45) is 2.98. The molecule has 1 aromatic heterocycles. The minimum absolute atomic E-state index is 0.170. The van der Waals surface area contributed by atoms with E-state index in [1.54, 1.807) is 0 Å². The fourth-order valence-electron chi connectivity index (χ4n) is 2.43. The Balaban J connectivity index is 1.61. The molecule has 1 amide bonds. The van der Waals surface area contributed by atoms with E-state index in [-0.39, 0.29) is 12.0 Å². The van der Waals surface area contributed by atoms with Crippen LogP contribution < -0.4 is 10.1 Å². The van der Waals surface area contributed by atoms with Crippen LogP contribution in [0.4, 0.5) is 5.69 Å². The first-order valence-corrected chi connectivity index (χ1v) is 8.50. The second kappa shape index (κ2) is 7.52. The van der Waals surface area contributed by atoms with Gasteiger partial charge in [0.25, 0.3) is 5.91 Å². The number of amides is 1. The summed E-state index contributed by atoms with van der Waals surface area (Å²) in [6.45, 7) is 3.30. The number of hydrogen-bond donors (Lipinski definition) is 1. The number of ether oxygens (including phenoxy) is 2. The highest BCUT2D eigenvalue weighted by Gasteiger charge is 2.17. The van der Waals surface area contributed by atoms with Crippen molar-refractivity contribution in [3.63, 3.8) is 0 Å². The number of nitrogens with zero attached hydrogens (tertiary/aromatic N) is 2. The first kappa shape index (κ1) is 15.9. The van der Waals surface area contributed by atoms with Crippen molar-refractivity contribution in [1.82, 2.24) is 9.59 Å². The highest BCUT2D eigenvalue weighted by atomic mass is 32.1. The molecule has 0 unspecified atom stereocenters. The molecule has 7 heteroatoms. The SMILES string of the molecule is CCc1nnsc1C(=O)Nc1cccc(OC[C@@H]2CCCO2)c1. The van der Waals surface area contributed by atoms with Gasteiger partial charge in [-0.25, -0.2) is 0 Å². The van der Waals surface area contributed by atoms with Gasteiger partial charge in [0, 0.05) is 18.4 Å². The molecule has 122 valence electrons. The molecule has 1 fully saturated rings. The van der Waals surface area contributed by atoms with Gasteiger partial charge in [-0.05, 0) is 42.9 Å². The van der Waals surface area contributed by atoms with E-state index < -0.39 is 0 Å². The van der Waals surface area contributed by atoms with Gasteiger partial charge >= 0.3 is 0 Å². The van der Waals surface area contributed by atoms with Gasteiger partial charge in [-0.3, -0.25) is 4.79 Å². The van der Waals surface area contributed by atoms with Crippen molar-refractivity contribution >= 4 is 23.1 Å².